The Balaban J connectivity index is 2.51. The first-order valence-electron chi connectivity index (χ1n) is 2.37. The SMILES string of the molecule is O=P1(Cl)OCCC(F)O1. The maximum Gasteiger partial charge on any atom is 0.426 e. The summed E-state index contributed by atoms with van der Waals surface area (Å²) >= 11 is 5.04. The summed E-state index contributed by atoms with van der Waals surface area (Å²) < 4.78 is 31.1. The molecule has 1 aliphatic rings. The van der Waals surface area contributed by atoms with Crippen LogP contribution in [0, 0.1) is 0 Å². The van der Waals surface area contributed by atoms with Gasteiger partial charge in [-0.2, -0.15) is 0 Å². The van der Waals surface area contributed by atoms with E-state index in [4.69, 9.17) is 11.2 Å². The number of halogens is 2. The van der Waals surface area contributed by atoms with Crippen LogP contribution >= 0.6 is 18.2 Å². The molecule has 0 radical (unpaired) electrons. The predicted octanol–water partition coefficient (Wildman–Crippen LogP) is 2.07. The molecule has 0 saturated carbocycles. The van der Waals surface area contributed by atoms with Crippen molar-refractivity contribution in [2.45, 2.75) is 12.8 Å². The Bertz CT molecular complexity index is 152. The van der Waals surface area contributed by atoms with Gasteiger partial charge in [-0.1, -0.05) is 0 Å². The first kappa shape index (κ1) is 7.48. The standard InChI is InChI=1S/C3H5ClFO3P/c4-9(6)7-2-1-3(5)8-9/h3H,1-2H2. The first-order valence-corrected chi connectivity index (χ1v) is 4.82. The van der Waals surface area contributed by atoms with Gasteiger partial charge >= 0.3 is 6.95 Å². The number of hydrogen-bond donors (Lipinski definition) is 0. The lowest BCUT2D eigenvalue weighted by Gasteiger charge is -2.19. The molecular formula is C3H5ClFO3P. The minimum absolute atomic E-state index is 0.0575. The zero-order valence-electron chi connectivity index (χ0n) is 4.42. The fraction of sp³-hybridized carbons (Fsp3) is 1.00. The van der Waals surface area contributed by atoms with E-state index in [-0.39, 0.29) is 13.0 Å². The Morgan fingerprint density at radius 3 is 2.78 bits per heavy atom. The van der Waals surface area contributed by atoms with Gasteiger partial charge in [0.1, 0.15) is 0 Å². The van der Waals surface area contributed by atoms with Crippen LogP contribution in [0.3, 0.4) is 0 Å². The van der Waals surface area contributed by atoms with Crippen molar-refractivity contribution >= 4 is 18.2 Å². The van der Waals surface area contributed by atoms with Crippen molar-refractivity contribution in [2.24, 2.45) is 0 Å². The van der Waals surface area contributed by atoms with Crippen LogP contribution in [0.4, 0.5) is 4.39 Å². The molecule has 1 fully saturated rings. The molecule has 1 heterocycles. The highest BCUT2D eigenvalue weighted by Crippen LogP contribution is 2.57. The Morgan fingerprint density at radius 2 is 2.44 bits per heavy atom. The average Bonchev–Trinajstić information content (AvgIpc) is 1.60. The highest BCUT2D eigenvalue weighted by molar-refractivity contribution is 7.81. The van der Waals surface area contributed by atoms with Crippen molar-refractivity contribution in [3.05, 3.63) is 0 Å². The lowest BCUT2D eigenvalue weighted by molar-refractivity contribution is 0.00339. The third-order valence-corrected chi connectivity index (χ3v) is 2.33. The molecule has 0 N–H and O–H groups in total. The fourth-order valence-corrected chi connectivity index (χ4v) is 1.70. The van der Waals surface area contributed by atoms with Crippen LogP contribution in [0.5, 0.6) is 0 Å². The van der Waals surface area contributed by atoms with E-state index in [1.54, 1.807) is 0 Å². The van der Waals surface area contributed by atoms with Gasteiger partial charge in [0.15, 0.2) is 0 Å². The van der Waals surface area contributed by atoms with Gasteiger partial charge in [0.2, 0.25) is 6.36 Å². The summed E-state index contributed by atoms with van der Waals surface area (Å²) in [4.78, 5) is 0. The van der Waals surface area contributed by atoms with Gasteiger partial charge in [-0.05, 0) is 0 Å². The van der Waals surface area contributed by atoms with Crippen LogP contribution in [0.15, 0.2) is 0 Å². The smallest absolute Gasteiger partial charge is 0.297 e. The highest BCUT2D eigenvalue weighted by Gasteiger charge is 2.30. The topological polar surface area (TPSA) is 35.5 Å². The minimum atomic E-state index is -3.55. The van der Waals surface area contributed by atoms with Gasteiger partial charge in [-0.3, -0.25) is 9.05 Å². The van der Waals surface area contributed by atoms with E-state index >= 15 is 0 Å². The number of alkyl halides is 1. The molecule has 54 valence electrons. The average molecular weight is 174 g/mol. The van der Waals surface area contributed by atoms with E-state index in [2.05, 4.69) is 9.05 Å². The fourth-order valence-electron chi connectivity index (χ4n) is 0.474. The van der Waals surface area contributed by atoms with Crippen LogP contribution in [-0.4, -0.2) is 13.0 Å². The third-order valence-electron chi connectivity index (χ3n) is 0.831. The maximum atomic E-state index is 12.1. The monoisotopic (exact) mass is 174 g/mol. The van der Waals surface area contributed by atoms with Crippen LogP contribution in [-0.2, 0) is 13.6 Å². The summed E-state index contributed by atoms with van der Waals surface area (Å²) in [5, 5.41) is 0. The van der Waals surface area contributed by atoms with Crippen LogP contribution < -0.4 is 0 Å². The molecule has 1 aliphatic heterocycles. The number of rotatable bonds is 0. The van der Waals surface area contributed by atoms with Gasteiger partial charge < -0.3 is 0 Å². The lowest BCUT2D eigenvalue weighted by Crippen LogP contribution is -2.13. The van der Waals surface area contributed by atoms with E-state index in [1.165, 1.54) is 0 Å². The summed E-state index contributed by atoms with van der Waals surface area (Å²) in [6, 6.07) is 0. The summed E-state index contributed by atoms with van der Waals surface area (Å²) in [6.45, 7) is -3.49. The van der Waals surface area contributed by atoms with Gasteiger partial charge in [0.25, 0.3) is 0 Å². The normalized spacial score (nSPS) is 44.9. The van der Waals surface area contributed by atoms with E-state index in [1.807, 2.05) is 0 Å². The van der Waals surface area contributed by atoms with Crippen LogP contribution in [0.25, 0.3) is 0 Å². The molecule has 0 aliphatic carbocycles. The third kappa shape index (κ3) is 2.22. The van der Waals surface area contributed by atoms with Gasteiger partial charge in [-0.25, -0.2) is 8.96 Å². The zero-order chi connectivity index (χ0) is 6.91. The molecular weight excluding hydrogens is 169 g/mol. The van der Waals surface area contributed by atoms with Gasteiger partial charge in [-0.15, -0.1) is 0 Å². The molecule has 0 aromatic rings. The zero-order valence-corrected chi connectivity index (χ0v) is 6.07. The van der Waals surface area contributed by atoms with E-state index in [0.717, 1.165) is 0 Å². The molecule has 9 heavy (non-hydrogen) atoms. The van der Waals surface area contributed by atoms with Crippen molar-refractivity contribution in [3.8, 4) is 0 Å². The van der Waals surface area contributed by atoms with Crippen molar-refractivity contribution < 1.29 is 18.0 Å². The molecule has 0 spiro atoms. The molecule has 1 saturated heterocycles. The minimum Gasteiger partial charge on any atom is -0.297 e. The predicted molar refractivity (Wildman–Crippen MR) is 30.0 cm³/mol. The molecule has 0 aromatic heterocycles. The molecule has 3 nitrogen and oxygen atoms in total. The molecule has 0 aromatic carbocycles. The van der Waals surface area contributed by atoms with Crippen molar-refractivity contribution in [1.29, 1.82) is 0 Å². The molecule has 0 bridgehead atoms. The van der Waals surface area contributed by atoms with E-state index in [0.29, 0.717) is 0 Å². The van der Waals surface area contributed by atoms with E-state index < -0.39 is 13.3 Å². The second-order valence-corrected chi connectivity index (χ2v) is 4.14. The first-order chi connectivity index (χ1) is 4.10. The Labute approximate surface area is 56.4 Å². The maximum absolute atomic E-state index is 12.1. The second kappa shape index (κ2) is 2.54. The van der Waals surface area contributed by atoms with Crippen molar-refractivity contribution in [3.63, 3.8) is 0 Å². The van der Waals surface area contributed by atoms with Crippen LogP contribution in [0.1, 0.15) is 6.42 Å². The molecule has 2 unspecified atom stereocenters. The largest absolute Gasteiger partial charge is 0.426 e. The second-order valence-electron chi connectivity index (χ2n) is 1.57. The van der Waals surface area contributed by atoms with Crippen molar-refractivity contribution in [1.82, 2.24) is 0 Å². The van der Waals surface area contributed by atoms with Gasteiger partial charge in [0.05, 0.1) is 6.61 Å². The molecule has 1 rings (SSSR count). The van der Waals surface area contributed by atoms with Crippen LogP contribution in [0.2, 0.25) is 0 Å². The summed E-state index contributed by atoms with van der Waals surface area (Å²) in [5.41, 5.74) is 0. The molecule has 2 atom stereocenters. The molecule has 6 heteroatoms. The highest BCUT2D eigenvalue weighted by atomic mass is 35.7. The molecule has 0 amide bonds. The van der Waals surface area contributed by atoms with Gasteiger partial charge in [0, 0.05) is 17.7 Å². The summed E-state index contributed by atoms with van der Waals surface area (Å²) in [6.07, 6.45) is -1.45. The van der Waals surface area contributed by atoms with Crippen molar-refractivity contribution in [2.75, 3.05) is 6.61 Å². The Kier molecular flexibility index (Phi) is 2.11. The number of hydrogen-bond acceptors (Lipinski definition) is 3. The summed E-state index contributed by atoms with van der Waals surface area (Å²) in [7, 11) is 0. The summed E-state index contributed by atoms with van der Waals surface area (Å²) in [5.74, 6) is 0. The Hall–Kier alpha value is 0.370. The quantitative estimate of drug-likeness (QED) is 0.528. The van der Waals surface area contributed by atoms with E-state index in [9.17, 15) is 8.96 Å². The lowest BCUT2D eigenvalue weighted by atomic mass is 10.5. The Morgan fingerprint density at radius 1 is 1.78 bits per heavy atom.